The highest BCUT2D eigenvalue weighted by Gasteiger charge is 2.01. The van der Waals surface area contributed by atoms with Gasteiger partial charge in [0, 0.05) is 24.5 Å². The molecule has 104 valence electrons. The van der Waals surface area contributed by atoms with Crippen LogP contribution in [0.3, 0.4) is 0 Å². The number of hydrogen-bond acceptors (Lipinski definition) is 3. The average Bonchev–Trinajstić information content (AvgIpc) is 2.33. The number of nitrogens with one attached hydrogen (secondary N) is 3. The number of hydrogen-bond donors (Lipinski definition) is 3. The fourth-order valence-corrected chi connectivity index (χ4v) is 1.05. The highest BCUT2D eigenvalue weighted by atomic mass is 15.0. The zero-order valence-corrected chi connectivity index (χ0v) is 12.2. The average molecular weight is 259 g/mol. The monoisotopic (exact) mass is 259 g/mol. The number of rotatable bonds is 10. The van der Waals surface area contributed by atoms with E-state index in [1.807, 2.05) is 13.8 Å². The Morgan fingerprint density at radius 3 is 1.47 bits per heavy atom. The molecule has 0 bridgehead atoms. The second-order valence-electron chi connectivity index (χ2n) is 4.45. The van der Waals surface area contributed by atoms with Gasteiger partial charge in [0.1, 0.15) is 0 Å². The Labute approximate surface area is 117 Å². The molecular formula is C16H25N3. The van der Waals surface area contributed by atoms with Crippen LogP contribution in [-0.2, 0) is 0 Å². The lowest BCUT2D eigenvalue weighted by molar-refractivity contribution is 0.720. The van der Waals surface area contributed by atoms with Gasteiger partial charge in [-0.15, -0.1) is 0 Å². The molecule has 0 spiro atoms. The minimum Gasteiger partial charge on any atom is -0.384 e. The van der Waals surface area contributed by atoms with E-state index in [1.165, 1.54) is 0 Å². The van der Waals surface area contributed by atoms with Crippen molar-refractivity contribution in [1.29, 1.82) is 0 Å². The van der Waals surface area contributed by atoms with Gasteiger partial charge in [-0.2, -0.15) is 0 Å². The summed E-state index contributed by atoms with van der Waals surface area (Å²) >= 11 is 0. The maximum absolute atomic E-state index is 3.91. The molecule has 0 radical (unpaired) electrons. The van der Waals surface area contributed by atoms with E-state index in [0.29, 0.717) is 12.2 Å². The third-order valence-corrected chi connectivity index (χ3v) is 2.50. The first kappa shape index (κ1) is 16.8. The minimum absolute atomic E-state index is 0.687. The Morgan fingerprint density at radius 1 is 0.632 bits per heavy atom. The molecule has 0 amide bonds. The zero-order chi connectivity index (χ0) is 15.0. The van der Waals surface area contributed by atoms with Gasteiger partial charge in [-0.05, 0) is 25.0 Å². The summed E-state index contributed by atoms with van der Waals surface area (Å²) in [6.45, 7) is 28.3. The molecule has 3 heteroatoms. The van der Waals surface area contributed by atoms with Crippen molar-refractivity contribution in [3.8, 4) is 0 Å². The molecule has 19 heavy (non-hydrogen) atoms. The smallest absolute Gasteiger partial charge is 0.0540 e. The maximum Gasteiger partial charge on any atom is 0.0540 e. The molecule has 0 aromatic rings. The van der Waals surface area contributed by atoms with Gasteiger partial charge in [0.25, 0.3) is 0 Å². The highest BCUT2D eigenvalue weighted by molar-refractivity contribution is 5.31. The first-order valence-electron chi connectivity index (χ1n) is 6.08. The van der Waals surface area contributed by atoms with Crippen LogP contribution in [0.25, 0.3) is 0 Å². The largest absolute Gasteiger partial charge is 0.384 e. The van der Waals surface area contributed by atoms with Crippen molar-refractivity contribution in [3.05, 3.63) is 73.4 Å². The molecule has 0 heterocycles. The highest BCUT2D eigenvalue weighted by Crippen LogP contribution is 2.05. The third-order valence-electron chi connectivity index (χ3n) is 2.50. The van der Waals surface area contributed by atoms with Gasteiger partial charge in [0.2, 0.25) is 0 Å². The molecule has 3 N–H and O–H groups in total. The Hall–Kier alpha value is -2.16. The SMILES string of the molecule is C=C(C)C(=C)NCCNC(=C)C(=C)NC(=C)C(=C)C. The lowest BCUT2D eigenvalue weighted by Crippen LogP contribution is -2.29. The van der Waals surface area contributed by atoms with Crippen LogP contribution in [0.5, 0.6) is 0 Å². The van der Waals surface area contributed by atoms with Crippen LogP contribution in [0.4, 0.5) is 0 Å². The summed E-state index contributed by atoms with van der Waals surface area (Å²) in [4.78, 5) is 0. The Balaban J connectivity index is 3.96. The van der Waals surface area contributed by atoms with E-state index >= 15 is 0 Å². The molecule has 0 unspecified atom stereocenters. The van der Waals surface area contributed by atoms with Crippen molar-refractivity contribution in [3.63, 3.8) is 0 Å². The van der Waals surface area contributed by atoms with Crippen molar-refractivity contribution in [1.82, 2.24) is 16.0 Å². The van der Waals surface area contributed by atoms with Crippen molar-refractivity contribution in [2.24, 2.45) is 0 Å². The Kier molecular flexibility index (Phi) is 7.12. The van der Waals surface area contributed by atoms with E-state index in [0.717, 1.165) is 34.8 Å². The van der Waals surface area contributed by atoms with E-state index in [9.17, 15) is 0 Å². The predicted molar refractivity (Wildman–Crippen MR) is 85.3 cm³/mol. The van der Waals surface area contributed by atoms with Crippen LogP contribution in [-0.4, -0.2) is 13.1 Å². The van der Waals surface area contributed by atoms with Crippen molar-refractivity contribution in [2.75, 3.05) is 13.1 Å². The summed E-state index contributed by atoms with van der Waals surface area (Å²) in [6, 6.07) is 0. The summed E-state index contributed by atoms with van der Waals surface area (Å²) in [6.07, 6.45) is 0. The van der Waals surface area contributed by atoms with Gasteiger partial charge >= 0.3 is 0 Å². The molecule has 0 saturated heterocycles. The van der Waals surface area contributed by atoms with Gasteiger partial charge in [0.05, 0.1) is 11.4 Å². The molecule has 0 rings (SSSR count). The predicted octanol–water partition coefficient (Wildman–Crippen LogP) is 2.96. The van der Waals surface area contributed by atoms with Crippen molar-refractivity contribution in [2.45, 2.75) is 13.8 Å². The summed E-state index contributed by atoms with van der Waals surface area (Å²) < 4.78 is 0. The van der Waals surface area contributed by atoms with Gasteiger partial charge in [-0.1, -0.05) is 39.5 Å². The van der Waals surface area contributed by atoms with E-state index in [2.05, 4.69) is 55.4 Å². The second-order valence-corrected chi connectivity index (χ2v) is 4.45. The van der Waals surface area contributed by atoms with Crippen LogP contribution in [0.15, 0.2) is 73.4 Å². The van der Waals surface area contributed by atoms with Gasteiger partial charge in [-0.3, -0.25) is 0 Å². The van der Waals surface area contributed by atoms with Crippen LogP contribution < -0.4 is 16.0 Å². The Morgan fingerprint density at radius 2 is 1.05 bits per heavy atom. The molecular weight excluding hydrogens is 234 g/mol. The first-order valence-corrected chi connectivity index (χ1v) is 6.08. The standard InChI is InChI=1S/C16H25N3/c1-11(2)13(5)17-9-10-18-15(7)16(8)19-14(6)12(3)4/h17-19H,1,3,5-10H2,2,4H3. The summed E-state index contributed by atoms with van der Waals surface area (Å²) in [5.74, 6) is 0. The topological polar surface area (TPSA) is 36.1 Å². The molecule has 0 aliphatic carbocycles. The van der Waals surface area contributed by atoms with E-state index in [1.54, 1.807) is 0 Å². The summed E-state index contributed by atoms with van der Waals surface area (Å²) in [5.41, 5.74) is 4.80. The van der Waals surface area contributed by atoms with Gasteiger partial charge in [-0.25, -0.2) is 0 Å². The summed E-state index contributed by atoms with van der Waals surface area (Å²) in [7, 11) is 0. The Bertz CT molecular complexity index is 427. The molecule has 0 fully saturated rings. The van der Waals surface area contributed by atoms with E-state index in [4.69, 9.17) is 0 Å². The van der Waals surface area contributed by atoms with E-state index in [-0.39, 0.29) is 0 Å². The number of allylic oxidation sites excluding steroid dienone is 2. The third kappa shape index (κ3) is 6.99. The second kappa shape index (κ2) is 8.03. The molecule has 3 nitrogen and oxygen atoms in total. The lowest BCUT2D eigenvalue weighted by Gasteiger charge is -2.16. The molecule has 0 atom stereocenters. The fraction of sp³-hybridized carbons (Fsp3) is 0.250. The van der Waals surface area contributed by atoms with Crippen LogP contribution in [0.1, 0.15) is 13.8 Å². The molecule has 0 aliphatic rings. The molecule has 0 aromatic carbocycles. The molecule has 0 saturated carbocycles. The van der Waals surface area contributed by atoms with E-state index < -0.39 is 0 Å². The lowest BCUT2D eigenvalue weighted by atomic mass is 10.2. The molecule has 0 aliphatic heterocycles. The molecule has 0 aromatic heterocycles. The zero-order valence-electron chi connectivity index (χ0n) is 12.2. The van der Waals surface area contributed by atoms with Crippen LogP contribution in [0.2, 0.25) is 0 Å². The van der Waals surface area contributed by atoms with Crippen molar-refractivity contribution < 1.29 is 0 Å². The van der Waals surface area contributed by atoms with Gasteiger partial charge in [0.15, 0.2) is 0 Å². The van der Waals surface area contributed by atoms with Crippen molar-refractivity contribution >= 4 is 0 Å². The first-order chi connectivity index (χ1) is 8.75. The van der Waals surface area contributed by atoms with Crippen LogP contribution >= 0.6 is 0 Å². The minimum atomic E-state index is 0.687. The normalized spacial score (nSPS) is 9.16. The summed E-state index contributed by atoms with van der Waals surface area (Å²) in [5, 5.41) is 9.36. The maximum atomic E-state index is 3.91. The van der Waals surface area contributed by atoms with Gasteiger partial charge < -0.3 is 16.0 Å². The van der Waals surface area contributed by atoms with Crippen LogP contribution in [0, 0.1) is 0 Å². The fourth-order valence-electron chi connectivity index (χ4n) is 1.05. The quantitative estimate of drug-likeness (QED) is 0.417.